The van der Waals surface area contributed by atoms with Crippen molar-refractivity contribution in [3.63, 3.8) is 0 Å². The van der Waals surface area contributed by atoms with Gasteiger partial charge in [0.05, 0.1) is 7.11 Å². The van der Waals surface area contributed by atoms with Crippen LogP contribution in [0.3, 0.4) is 0 Å². The number of ether oxygens (including phenoxy) is 1. The lowest BCUT2D eigenvalue weighted by atomic mass is 9.89. The fourth-order valence-electron chi connectivity index (χ4n) is 2.65. The third-order valence-electron chi connectivity index (χ3n) is 4.06. The molecule has 1 aromatic carbocycles. The molecule has 1 heteroatoms. The lowest BCUT2D eigenvalue weighted by Crippen LogP contribution is -1.99. The van der Waals surface area contributed by atoms with Gasteiger partial charge in [0.15, 0.2) is 0 Å². The van der Waals surface area contributed by atoms with Gasteiger partial charge in [-0.2, -0.15) is 0 Å². The van der Waals surface area contributed by atoms with Gasteiger partial charge in [-0.3, -0.25) is 0 Å². The largest absolute Gasteiger partial charge is 0.497 e. The van der Waals surface area contributed by atoms with Crippen molar-refractivity contribution >= 4 is 0 Å². The van der Waals surface area contributed by atoms with Crippen molar-refractivity contribution in [1.29, 1.82) is 0 Å². The van der Waals surface area contributed by atoms with Crippen LogP contribution in [0, 0.1) is 0 Å². The normalized spacial score (nSPS) is 17.0. The van der Waals surface area contributed by atoms with E-state index in [9.17, 15) is 0 Å². The van der Waals surface area contributed by atoms with E-state index in [2.05, 4.69) is 39.8 Å². The third-order valence-corrected chi connectivity index (χ3v) is 4.06. The Morgan fingerprint density at radius 2 is 1.29 bits per heavy atom. The van der Waals surface area contributed by atoms with Gasteiger partial charge >= 0.3 is 0 Å². The second kappa shape index (κ2) is 4.40. The van der Waals surface area contributed by atoms with E-state index < -0.39 is 0 Å². The molecule has 0 radical (unpaired) electrons. The second-order valence-corrected chi connectivity index (χ2v) is 4.82. The van der Waals surface area contributed by atoms with Crippen molar-refractivity contribution in [2.45, 2.75) is 33.6 Å². The van der Waals surface area contributed by atoms with E-state index >= 15 is 0 Å². The zero-order valence-corrected chi connectivity index (χ0v) is 11.3. The van der Waals surface area contributed by atoms with Crippen molar-refractivity contribution in [2.24, 2.45) is 0 Å². The van der Waals surface area contributed by atoms with Crippen LogP contribution in [-0.2, 0) is 0 Å². The summed E-state index contributed by atoms with van der Waals surface area (Å²) >= 11 is 0. The van der Waals surface area contributed by atoms with Crippen LogP contribution in [0.15, 0.2) is 46.6 Å². The predicted molar refractivity (Wildman–Crippen MR) is 72.5 cm³/mol. The first-order valence-corrected chi connectivity index (χ1v) is 6.05. The molecule has 0 bridgehead atoms. The first-order valence-electron chi connectivity index (χ1n) is 6.05. The number of hydrogen-bond acceptors (Lipinski definition) is 1. The van der Waals surface area contributed by atoms with Gasteiger partial charge in [-0.05, 0) is 56.5 Å². The van der Waals surface area contributed by atoms with Gasteiger partial charge in [-0.15, -0.1) is 0 Å². The van der Waals surface area contributed by atoms with Crippen molar-refractivity contribution in [3.05, 3.63) is 52.1 Å². The van der Waals surface area contributed by atoms with Crippen LogP contribution in [0.1, 0.15) is 39.2 Å². The summed E-state index contributed by atoms with van der Waals surface area (Å²) in [5.41, 5.74) is 7.21. The van der Waals surface area contributed by atoms with Crippen LogP contribution >= 0.6 is 0 Å². The highest BCUT2D eigenvalue weighted by molar-refractivity contribution is 5.53. The van der Waals surface area contributed by atoms with E-state index in [1.165, 1.54) is 27.9 Å². The monoisotopic (exact) mass is 228 g/mol. The molecule has 1 aliphatic rings. The Morgan fingerprint density at radius 3 is 1.71 bits per heavy atom. The van der Waals surface area contributed by atoms with Crippen molar-refractivity contribution in [1.82, 2.24) is 0 Å². The summed E-state index contributed by atoms with van der Waals surface area (Å²) in [6.45, 7) is 8.92. The molecule has 0 aromatic heterocycles. The Hall–Kier alpha value is -1.50. The first-order chi connectivity index (χ1) is 8.06. The van der Waals surface area contributed by atoms with E-state index in [1.54, 1.807) is 7.11 Å². The lowest BCUT2D eigenvalue weighted by Gasteiger charge is -2.16. The van der Waals surface area contributed by atoms with E-state index in [4.69, 9.17) is 4.74 Å². The van der Waals surface area contributed by atoms with Gasteiger partial charge in [0.1, 0.15) is 5.75 Å². The predicted octanol–water partition coefficient (Wildman–Crippen LogP) is 4.47. The zero-order valence-electron chi connectivity index (χ0n) is 11.3. The molecule has 1 aromatic rings. The third kappa shape index (κ3) is 1.90. The standard InChI is InChI=1S/C16H20O/c1-10-11(2)13(4)16(12(10)3)14-6-8-15(17-5)9-7-14/h6-9,16H,1-5H3. The fraction of sp³-hybridized carbons (Fsp3) is 0.375. The Labute approximate surface area is 104 Å². The summed E-state index contributed by atoms with van der Waals surface area (Å²) in [4.78, 5) is 0. The van der Waals surface area contributed by atoms with E-state index in [-0.39, 0.29) is 0 Å². The molecule has 0 fully saturated rings. The molecule has 17 heavy (non-hydrogen) atoms. The number of rotatable bonds is 2. The molecule has 1 nitrogen and oxygen atoms in total. The van der Waals surface area contributed by atoms with Crippen molar-refractivity contribution < 1.29 is 4.74 Å². The smallest absolute Gasteiger partial charge is 0.118 e. The molecule has 0 saturated carbocycles. The fourth-order valence-corrected chi connectivity index (χ4v) is 2.65. The number of allylic oxidation sites excluding steroid dienone is 4. The first kappa shape index (κ1) is 12.0. The van der Waals surface area contributed by atoms with E-state index in [1.807, 2.05) is 12.1 Å². The summed E-state index contributed by atoms with van der Waals surface area (Å²) in [5.74, 6) is 1.38. The SMILES string of the molecule is COc1ccc(C2C(C)=C(C)C(C)=C2C)cc1. The van der Waals surface area contributed by atoms with Crippen molar-refractivity contribution in [3.8, 4) is 5.75 Å². The Bertz CT molecular complexity index is 465. The number of benzene rings is 1. The average molecular weight is 228 g/mol. The Kier molecular flexibility index (Phi) is 3.10. The molecule has 2 rings (SSSR count). The van der Waals surface area contributed by atoms with E-state index in [0.717, 1.165) is 5.75 Å². The molecule has 0 atom stereocenters. The quantitative estimate of drug-likeness (QED) is 0.726. The molecule has 0 N–H and O–H groups in total. The van der Waals surface area contributed by atoms with Gasteiger partial charge in [-0.25, -0.2) is 0 Å². The van der Waals surface area contributed by atoms with Crippen LogP contribution in [-0.4, -0.2) is 7.11 Å². The van der Waals surface area contributed by atoms with Gasteiger partial charge < -0.3 is 4.74 Å². The molecule has 0 unspecified atom stereocenters. The van der Waals surface area contributed by atoms with Crippen LogP contribution in [0.2, 0.25) is 0 Å². The van der Waals surface area contributed by atoms with Crippen LogP contribution in [0.4, 0.5) is 0 Å². The Balaban J connectivity index is 2.41. The van der Waals surface area contributed by atoms with Crippen LogP contribution in [0.5, 0.6) is 5.75 Å². The summed E-state index contributed by atoms with van der Waals surface area (Å²) in [7, 11) is 1.70. The highest BCUT2D eigenvalue weighted by Gasteiger charge is 2.25. The molecule has 0 heterocycles. The maximum atomic E-state index is 5.20. The molecular weight excluding hydrogens is 208 g/mol. The molecule has 0 saturated heterocycles. The van der Waals surface area contributed by atoms with Gasteiger partial charge in [-0.1, -0.05) is 23.3 Å². The number of hydrogen-bond donors (Lipinski definition) is 0. The average Bonchev–Trinajstić information content (AvgIpc) is 2.54. The minimum atomic E-state index is 0.459. The maximum absolute atomic E-state index is 5.20. The molecule has 90 valence electrons. The maximum Gasteiger partial charge on any atom is 0.118 e. The summed E-state index contributed by atoms with van der Waals surface area (Å²) in [6, 6.07) is 8.42. The van der Waals surface area contributed by atoms with E-state index in [0.29, 0.717) is 5.92 Å². The van der Waals surface area contributed by atoms with Gasteiger partial charge in [0, 0.05) is 5.92 Å². The molecule has 0 aliphatic heterocycles. The van der Waals surface area contributed by atoms with Crippen LogP contribution < -0.4 is 4.74 Å². The van der Waals surface area contributed by atoms with Gasteiger partial charge in [0.2, 0.25) is 0 Å². The zero-order chi connectivity index (χ0) is 12.6. The molecule has 1 aliphatic carbocycles. The topological polar surface area (TPSA) is 9.23 Å². The Morgan fingerprint density at radius 1 is 0.824 bits per heavy atom. The molecule has 0 amide bonds. The highest BCUT2D eigenvalue weighted by atomic mass is 16.5. The van der Waals surface area contributed by atoms with Gasteiger partial charge in [0.25, 0.3) is 0 Å². The minimum absolute atomic E-state index is 0.459. The number of methoxy groups -OCH3 is 1. The molecular formula is C16H20O. The summed E-state index contributed by atoms with van der Waals surface area (Å²) < 4.78 is 5.20. The van der Waals surface area contributed by atoms with Crippen LogP contribution in [0.25, 0.3) is 0 Å². The summed E-state index contributed by atoms with van der Waals surface area (Å²) in [6.07, 6.45) is 0. The lowest BCUT2D eigenvalue weighted by molar-refractivity contribution is 0.414. The second-order valence-electron chi connectivity index (χ2n) is 4.82. The minimum Gasteiger partial charge on any atom is -0.497 e. The highest BCUT2D eigenvalue weighted by Crippen LogP contribution is 2.43. The van der Waals surface area contributed by atoms with Crippen molar-refractivity contribution in [2.75, 3.05) is 7.11 Å². The summed E-state index contributed by atoms with van der Waals surface area (Å²) in [5, 5.41) is 0. The molecule has 0 spiro atoms.